The minimum atomic E-state index is -0.797. The summed E-state index contributed by atoms with van der Waals surface area (Å²) in [5.41, 5.74) is 0.874. The lowest BCUT2D eigenvalue weighted by Crippen LogP contribution is -2.60. The maximum Gasteiger partial charge on any atom is 0.308 e. The number of carbonyl (C=O) groups excluding carboxylic acids is 3. The van der Waals surface area contributed by atoms with Gasteiger partial charge in [0.2, 0.25) is 11.8 Å². The van der Waals surface area contributed by atoms with E-state index in [-0.39, 0.29) is 29.8 Å². The first kappa shape index (κ1) is 22.1. The molecule has 9 heteroatoms. The van der Waals surface area contributed by atoms with Crippen molar-refractivity contribution in [2.45, 2.75) is 38.6 Å². The molecule has 1 aliphatic heterocycles. The van der Waals surface area contributed by atoms with Crippen molar-refractivity contribution in [3.05, 3.63) is 34.9 Å². The first-order chi connectivity index (χ1) is 13.4. The minimum Gasteiger partial charge on any atom is -0.466 e. The highest BCUT2D eigenvalue weighted by molar-refractivity contribution is 7.80. The van der Waals surface area contributed by atoms with Crippen LogP contribution in [0, 0.1) is 0 Å². The van der Waals surface area contributed by atoms with E-state index in [0.717, 1.165) is 5.56 Å². The summed E-state index contributed by atoms with van der Waals surface area (Å²) in [5.74, 6) is -1.06. The maximum atomic E-state index is 12.3. The molecule has 0 aliphatic carbocycles. The van der Waals surface area contributed by atoms with E-state index >= 15 is 0 Å². The molecule has 2 N–H and O–H groups in total. The number of piperazine rings is 1. The van der Waals surface area contributed by atoms with E-state index in [4.69, 9.17) is 28.6 Å². The molecule has 7 nitrogen and oxygen atoms in total. The molecule has 1 aromatic rings. The fraction of sp³-hybridized carbons (Fsp3) is 0.474. The van der Waals surface area contributed by atoms with E-state index in [0.29, 0.717) is 37.6 Å². The normalized spacial score (nSPS) is 16.3. The SMILES string of the molecule is CCCOC(=O)CC1C(=O)NCCN1C(=S)NC(=O)CCc1ccccc1Cl. The van der Waals surface area contributed by atoms with Crippen LogP contribution in [-0.2, 0) is 25.5 Å². The molecule has 1 saturated heterocycles. The van der Waals surface area contributed by atoms with Crippen molar-refractivity contribution in [1.29, 1.82) is 0 Å². The van der Waals surface area contributed by atoms with Crippen molar-refractivity contribution in [3.63, 3.8) is 0 Å². The van der Waals surface area contributed by atoms with Gasteiger partial charge in [0.1, 0.15) is 6.04 Å². The molecule has 0 aromatic heterocycles. The molecule has 1 fully saturated rings. The average molecular weight is 426 g/mol. The molecule has 0 radical (unpaired) electrons. The number of rotatable bonds is 7. The van der Waals surface area contributed by atoms with Crippen molar-refractivity contribution in [2.75, 3.05) is 19.7 Å². The third kappa shape index (κ3) is 6.45. The van der Waals surface area contributed by atoms with Gasteiger partial charge >= 0.3 is 5.97 Å². The Balaban J connectivity index is 1.92. The van der Waals surface area contributed by atoms with E-state index in [1.807, 2.05) is 25.1 Å². The molecule has 1 aliphatic rings. The molecular formula is C19H24ClN3O4S. The van der Waals surface area contributed by atoms with Crippen LogP contribution in [0.25, 0.3) is 0 Å². The first-order valence-corrected chi connectivity index (χ1v) is 9.98. The van der Waals surface area contributed by atoms with Crippen LogP contribution in [-0.4, -0.2) is 53.5 Å². The van der Waals surface area contributed by atoms with Crippen LogP contribution in [0.1, 0.15) is 31.7 Å². The summed E-state index contributed by atoms with van der Waals surface area (Å²) in [6.45, 7) is 2.98. The largest absolute Gasteiger partial charge is 0.466 e. The third-order valence-electron chi connectivity index (χ3n) is 4.24. The number of nitrogens with one attached hydrogen (secondary N) is 2. The Bertz CT molecular complexity index is 744. The Morgan fingerprint density at radius 3 is 2.86 bits per heavy atom. The predicted octanol–water partition coefficient (Wildman–Crippen LogP) is 1.82. The van der Waals surface area contributed by atoms with E-state index < -0.39 is 12.0 Å². The molecule has 152 valence electrons. The van der Waals surface area contributed by atoms with Crippen LogP contribution < -0.4 is 10.6 Å². The minimum absolute atomic E-state index is 0.124. The molecule has 0 saturated carbocycles. The summed E-state index contributed by atoms with van der Waals surface area (Å²) in [4.78, 5) is 38.0. The van der Waals surface area contributed by atoms with Crippen molar-refractivity contribution < 1.29 is 19.1 Å². The van der Waals surface area contributed by atoms with E-state index in [9.17, 15) is 14.4 Å². The van der Waals surface area contributed by atoms with Crippen LogP contribution in [0.4, 0.5) is 0 Å². The lowest BCUT2D eigenvalue weighted by molar-refractivity contribution is -0.147. The lowest BCUT2D eigenvalue weighted by atomic mass is 10.1. The van der Waals surface area contributed by atoms with E-state index in [1.54, 1.807) is 11.0 Å². The summed E-state index contributed by atoms with van der Waals surface area (Å²) in [7, 11) is 0. The van der Waals surface area contributed by atoms with Crippen LogP contribution in [0.15, 0.2) is 24.3 Å². The second-order valence-electron chi connectivity index (χ2n) is 6.37. The molecule has 2 rings (SSSR count). The highest BCUT2D eigenvalue weighted by Gasteiger charge is 2.34. The topological polar surface area (TPSA) is 87.7 Å². The van der Waals surface area contributed by atoms with Gasteiger partial charge in [-0.2, -0.15) is 0 Å². The predicted molar refractivity (Wildman–Crippen MR) is 110 cm³/mol. The smallest absolute Gasteiger partial charge is 0.308 e. The number of hydrogen-bond donors (Lipinski definition) is 2. The number of halogens is 1. The first-order valence-electron chi connectivity index (χ1n) is 9.19. The molecule has 0 spiro atoms. The Hall–Kier alpha value is -2.19. The van der Waals surface area contributed by atoms with Crippen LogP contribution >= 0.6 is 23.8 Å². The van der Waals surface area contributed by atoms with Gasteiger partial charge in [0.25, 0.3) is 0 Å². The lowest BCUT2D eigenvalue weighted by Gasteiger charge is -2.36. The fourth-order valence-electron chi connectivity index (χ4n) is 2.80. The number of thiocarbonyl (C=S) groups is 1. The summed E-state index contributed by atoms with van der Waals surface area (Å²) in [6, 6.07) is 6.52. The molecule has 1 heterocycles. The van der Waals surface area contributed by atoms with Gasteiger partial charge in [-0.05, 0) is 36.7 Å². The summed E-state index contributed by atoms with van der Waals surface area (Å²) < 4.78 is 5.06. The van der Waals surface area contributed by atoms with Gasteiger partial charge in [0.15, 0.2) is 5.11 Å². The standard InChI is InChI=1S/C19H24ClN3O4S/c1-2-11-27-17(25)12-15-18(26)21-9-10-23(15)19(28)22-16(24)8-7-13-5-3-4-6-14(13)20/h3-6,15H,2,7-12H2,1H3,(H,21,26)(H,22,24,28). The van der Waals surface area contributed by atoms with Crippen LogP contribution in [0.3, 0.4) is 0 Å². The van der Waals surface area contributed by atoms with Crippen molar-refractivity contribution in [2.24, 2.45) is 0 Å². The molecule has 2 amide bonds. The molecular weight excluding hydrogens is 402 g/mol. The third-order valence-corrected chi connectivity index (χ3v) is 4.95. The molecule has 0 bridgehead atoms. The Morgan fingerprint density at radius 2 is 2.14 bits per heavy atom. The maximum absolute atomic E-state index is 12.3. The molecule has 1 atom stereocenters. The number of amides is 2. The number of ether oxygens (including phenoxy) is 1. The Morgan fingerprint density at radius 1 is 1.39 bits per heavy atom. The fourth-order valence-corrected chi connectivity index (χ4v) is 3.36. The number of benzene rings is 1. The Labute approximate surface area is 174 Å². The zero-order valence-corrected chi connectivity index (χ0v) is 17.3. The second kappa shape index (κ2) is 11.0. The van der Waals surface area contributed by atoms with Crippen molar-refractivity contribution >= 4 is 46.7 Å². The number of esters is 1. The highest BCUT2D eigenvalue weighted by Crippen LogP contribution is 2.16. The second-order valence-corrected chi connectivity index (χ2v) is 7.16. The van der Waals surface area contributed by atoms with E-state index in [2.05, 4.69) is 10.6 Å². The highest BCUT2D eigenvalue weighted by atomic mass is 35.5. The number of nitrogens with zero attached hydrogens (tertiary/aromatic N) is 1. The Kier molecular flexibility index (Phi) is 8.66. The molecule has 1 aromatic carbocycles. The van der Waals surface area contributed by atoms with Crippen molar-refractivity contribution in [3.8, 4) is 0 Å². The van der Waals surface area contributed by atoms with Crippen LogP contribution in [0.2, 0.25) is 5.02 Å². The molecule has 28 heavy (non-hydrogen) atoms. The van der Waals surface area contributed by atoms with Gasteiger partial charge in [-0.25, -0.2) is 0 Å². The zero-order valence-electron chi connectivity index (χ0n) is 15.7. The number of aryl methyl sites for hydroxylation is 1. The van der Waals surface area contributed by atoms with Crippen molar-refractivity contribution in [1.82, 2.24) is 15.5 Å². The summed E-state index contributed by atoms with van der Waals surface area (Å²) in [5, 5.41) is 6.10. The van der Waals surface area contributed by atoms with Gasteiger partial charge in [0, 0.05) is 24.5 Å². The molecule has 1 unspecified atom stereocenters. The van der Waals surface area contributed by atoms with Gasteiger partial charge in [-0.15, -0.1) is 0 Å². The zero-order chi connectivity index (χ0) is 20.5. The average Bonchev–Trinajstić information content (AvgIpc) is 2.67. The monoisotopic (exact) mass is 425 g/mol. The summed E-state index contributed by atoms with van der Waals surface area (Å²) in [6.07, 6.45) is 1.25. The van der Waals surface area contributed by atoms with Gasteiger partial charge in [-0.3, -0.25) is 14.4 Å². The number of carbonyl (C=O) groups is 3. The van der Waals surface area contributed by atoms with Crippen LogP contribution in [0.5, 0.6) is 0 Å². The van der Waals surface area contributed by atoms with E-state index in [1.165, 1.54) is 0 Å². The summed E-state index contributed by atoms with van der Waals surface area (Å²) >= 11 is 11.4. The van der Waals surface area contributed by atoms with Gasteiger partial charge < -0.3 is 20.3 Å². The quantitative estimate of drug-likeness (QED) is 0.511. The van der Waals surface area contributed by atoms with Gasteiger partial charge in [-0.1, -0.05) is 36.7 Å². The van der Waals surface area contributed by atoms with Gasteiger partial charge in [0.05, 0.1) is 13.0 Å². The number of hydrogen-bond acceptors (Lipinski definition) is 5.